The van der Waals surface area contributed by atoms with Crippen molar-refractivity contribution in [3.05, 3.63) is 35.7 Å². The van der Waals surface area contributed by atoms with Crippen LogP contribution in [0.1, 0.15) is 18.1 Å². The highest BCUT2D eigenvalue weighted by molar-refractivity contribution is 5.49. The summed E-state index contributed by atoms with van der Waals surface area (Å²) in [5.74, 6) is 2.31. The fraction of sp³-hybridized carbons (Fsp3) is 0.357. The average Bonchev–Trinajstić information content (AvgIpc) is 2.94. The van der Waals surface area contributed by atoms with Crippen LogP contribution in [0, 0.1) is 0 Å². The van der Waals surface area contributed by atoms with E-state index in [1.165, 1.54) is 5.56 Å². The number of anilines is 1. The molecule has 2 N–H and O–H groups in total. The Morgan fingerprint density at radius 1 is 1.53 bits per heavy atom. The molecule has 1 atom stereocenters. The van der Waals surface area contributed by atoms with Crippen molar-refractivity contribution in [3.8, 4) is 11.5 Å². The van der Waals surface area contributed by atoms with Gasteiger partial charge in [0.05, 0.1) is 13.7 Å². The van der Waals surface area contributed by atoms with Crippen LogP contribution in [0.15, 0.2) is 24.5 Å². The summed E-state index contributed by atoms with van der Waals surface area (Å²) < 4.78 is 13.1. The van der Waals surface area contributed by atoms with Crippen molar-refractivity contribution < 1.29 is 9.47 Å². The Labute approximate surface area is 112 Å². The van der Waals surface area contributed by atoms with Gasteiger partial charge in [-0.3, -0.25) is 0 Å². The highest BCUT2D eigenvalue weighted by atomic mass is 16.5. The second-order valence-electron chi connectivity index (χ2n) is 4.82. The summed E-state index contributed by atoms with van der Waals surface area (Å²) in [6.07, 6.45) is 4.70. The first kappa shape index (κ1) is 11.9. The summed E-state index contributed by atoms with van der Waals surface area (Å²) in [5.41, 5.74) is 8.04. The molecular weight excluding hydrogens is 242 g/mol. The lowest BCUT2D eigenvalue weighted by Crippen LogP contribution is -2.06. The Morgan fingerprint density at radius 3 is 3.05 bits per heavy atom. The molecule has 0 spiro atoms. The SMILES string of the molecule is COc1cc2c(cc1Cn1ccnc1N)OC(C)C2. The fourth-order valence-corrected chi connectivity index (χ4v) is 2.45. The van der Waals surface area contributed by atoms with Crippen molar-refractivity contribution in [3.63, 3.8) is 0 Å². The smallest absolute Gasteiger partial charge is 0.200 e. The number of ether oxygens (including phenoxy) is 2. The number of benzene rings is 1. The maximum atomic E-state index is 5.79. The van der Waals surface area contributed by atoms with Crippen LogP contribution in [-0.4, -0.2) is 22.8 Å². The summed E-state index contributed by atoms with van der Waals surface area (Å²) in [5, 5.41) is 0. The molecule has 2 aromatic rings. The zero-order valence-corrected chi connectivity index (χ0v) is 11.1. The third kappa shape index (κ3) is 2.12. The number of rotatable bonds is 3. The number of fused-ring (bicyclic) bond motifs is 1. The third-order valence-electron chi connectivity index (χ3n) is 3.39. The number of methoxy groups -OCH3 is 1. The highest BCUT2D eigenvalue weighted by Crippen LogP contribution is 2.35. The fourth-order valence-electron chi connectivity index (χ4n) is 2.45. The molecule has 2 heterocycles. The Balaban J connectivity index is 1.97. The van der Waals surface area contributed by atoms with Gasteiger partial charge in [0.25, 0.3) is 0 Å². The van der Waals surface area contributed by atoms with Gasteiger partial charge in [-0.2, -0.15) is 0 Å². The second-order valence-corrected chi connectivity index (χ2v) is 4.82. The van der Waals surface area contributed by atoms with Crippen molar-refractivity contribution in [2.75, 3.05) is 12.8 Å². The minimum atomic E-state index is 0.230. The molecule has 0 saturated carbocycles. The molecule has 1 aromatic carbocycles. The molecule has 0 aliphatic carbocycles. The first-order valence-corrected chi connectivity index (χ1v) is 6.30. The van der Waals surface area contributed by atoms with Crippen LogP contribution in [0.3, 0.4) is 0 Å². The molecule has 5 heteroatoms. The maximum absolute atomic E-state index is 5.79. The van der Waals surface area contributed by atoms with Gasteiger partial charge in [0, 0.05) is 29.9 Å². The van der Waals surface area contributed by atoms with E-state index >= 15 is 0 Å². The Kier molecular flexibility index (Phi) is 2.81. The summed E-state index contributed by atoms with van der Waals surface area (Å²) >= 11 is 0. The minimum absolute atomic E-state index is 0.230. The van der Waals surface area contributed by atoms with E-state index in [1.54, 1.807) is 13.3 Å². The van der Waals surface area contributed by atoms with Crippen LogP contribution in [-0.2, 0) is 13.0 Å². The number of imidazole rings is 1. The molecule has 1 aromatic heterocycles. The number of aromatic nitrogens is 2. The van der Waals surface area contributed by atoms with E-state index in [-0.39, 0.29) is 6.10 Å². The van der Waals surface area contributed by atoms with Gasteiger partial charge in [-0.15, -0.1) is 0 Å². The number of nitrogens with two attached hydrogens (primary N) is 1. The van der Waals surface area contributed by atoms with E-state index in [9.17, 15) is 0 Å². The number of hydrogen-bond acceptors (Lipinski definition) is 4. The van der Waals surface area contributed by atoms with E-state index in [0.717, 1.165) is 23.5 Å². The molecule has 0 radical (unpaired) electrons. The molecular formula is C14H17N3O2. The lowest BCUT2D eigenvalue weighted by Gasteiger charge is -2.12. The predicted octanol–water partition coefficient (Wildman–Crippen LogP) is 1.85. The summed E-state index contributed by atoms with van der Waals surface area (Å²) in [4.78, 5) is 4.02. The Bertz CT molecular complexity index is 607. The first-order valence-electron chi connectivity index (χ1n) is 6.30. The molecule has 0 amide bonds. The summed E-state index contributed by atoms with van der Waals surface area (Å²) in [6.45, 7) is 2.69. The second kappa shape index (κ2) is 4.50. The molecule has 19 heavy (non-hydrogen) atoms. The first-order chi connectivity index (χ1) is 9.17. The van der Waals surface area contributed by atoms with Gasteiger partial charge >= 0.3 is 0 Å². The van der Waals surface area contributed by atoms with Crippen molar-refractivity contribution in [2.24, 2.45) is 0 Å². The molecule has 1 aliphatic heterocycles. The van der Waals surface area contributed by atoms with Gasteiger partial charge in [0.1, 0.15) is 17.6 Å². The number of nitrogens with zero attached hydrogens (tertiary/aromatic N) is 2. The topological polar surface area (TPSA) is 62.3 Å². The van der Waals surface area contributed by atoms with Crippen LogP contribution in [0.25, 0.3) is 0 Å². The van der Waals surface area contributed by atoms with E-state index in [0.29, 0.717) is 12.5 Å². The van der Waals surface area contributed by atoms with Crippen molar-refractivity contribution in [1.82, 2.24) is 9.55 Å². The van der Waals surface area contributed by atoms with E-state index in [2.05, 4.69) is 18.0 Å². The van der Waals surface area contributed by atoms with Crippen molar-refractivity contribution in [1.29, 1.82) is 0 Å². The molecule has 3 rings (SSSR count). The molecule has 0 fully saturated rings. The normalized spacial score (nSPS) is 17.1. The lowest BCUT2D eigenvalue weighted by atomic mass is 10.1. The Hall–Kier alpha value is -2.17. The Morgan fingerprint density at radius 2 is 2.37 bits per heavy atom. The van der Waals surface area contributed by atoms with Gasteiger partial charge in [0.2, 0.25) is 0 Å². The monoisotopic (exact) mass is 259 g/mol. The molecule has 100 valence electrons. The molecule has 0 bridgehead atoms. The van der Waals surface area contributed by atoms with E-state index in [4.69, 9.17) is 15.2 Å². The number of nitrogen functional groups attached to an aromatic ring is 1. The standard InChI is InChI=1S/C14H17N3O2/c1-9-5-10-6-12(18-2)11(7-13(10)19-9)8-17-4-3-16-14(17)15/h3-4,6-7,9H,5,8H2,1-2H3,(H2,15,16). The molecule has 1 aliphatic rings. The van der Waals surface area contributed by atoms with Crippen LogP contribution >= 0.6 is 0 Å². The van der Waals surface area contributed by atoms with Crippen LogP contribution in [0.5, 0.6) is 11.5 Å². The van der Waals surface area contributed by atoms with Crippen LogP contribution in [0.4, 0.5) is 5.95 Å². The van der Waals surface area contributed by atoms with Gasteiger partial charge in [0.15, 0.2) is 5.95 Å². The average molecular weight is 259 g/mol. The van der Waals surface area contributed by atoms with E-state index in [1.807, 2.05) is 16.8 Å². The zero-order chi connectivity index (χ0) is 13.4. The third-order valence-corrected chi connectivity index (χ3v) is 3.39. The van der Waals surface area contributed by atoms with Crippen LogP contribution < -0.4 is 15.2 Å². The zero-order valence-electron chi connectivity index (χ0n) is 11.1. The molecule has 0 saturated heterocycles. The minimum Gasteiger partial charge on any atom is -0.496 e. The van der Waals surface area contributed by atoms with E-state index < -0.39 is 0 Å². The summed E-state index contributed by atoms with van der Waals surface area (Å²) in [6, 6.07) is 4.10. The van der Waals surface area contributed by atoms with Gasteiger partial charge < -0.3 is 19.8 Å². The molecule has 1 unspecified atom stereocenters. The highest BCUT2D eigenvalue weighted by Gasteiger charge is 2.21. The predicted molar refractivity (Wildman–Crippen MR) is 72.5 cm³/mol. The van der Waals surface area contributed by atoms with Gasteiger partial charge in [-0.1, -0.05) is 0 Å². The quantitative estimate of drug-likeness (QED) is 0.913. The van der Waals surface area contributed by atoms with Gasteiger partial charge in [-0.05, 0) is 19.1 Å². The largest absolute Gasteiger partial charge is 0.496 e. The molecule has 5 nitrogen and oxygen atoms in total. The summed E-state index contributed by atoms with van der Waals surface area (Å²) in [7, 11) is 1.68. The maximum Gasteiger partial charge on any atom is 0.200 e. The van der Waals surface area contributed by atoms with Gasteiger partial charge in [-0.25, -0.2) is 4.98 Å². The van der Waals surface area contributed by atoms with Crippen molar-refractivity contribution in [2.45, 2.75) is 26.0 Å². The number of hydrogen-bond donors (Lipinski definition) is 1. The van der Waals surface area contributed by atoms with Crippen molar-refractivity contribution >= 4 is 5.95 Å². The van der Waals surface area contributed by atoms with Crippen LogP contribution in [0.2, 0.25) is 0 Å². The lowest BCUT2D eigenvalue weighted by molar-refractivity contribution is 0.254.